The maximum absolute atomic E-state index is 12.0. The zero-order chi connectivity index (χ0) is 35.7. The molecule has 1 aromatic heterocycles. The highest BCUT2D eigenvalue weighted by Gasteiger charge is 2.52. The van der Waals surface area contributed by atoms with Crippen LogP contribution in [0.5, 0.6) is 28.7 Å². The van der Waals surface area contributed by atoms with Crippen molar-refractivity contribution in [3.63, 3.8) is 0 Å². The number of ether oxygens (including phenoxy) is 5. The minimum absolute atomic E-state index is 0.0295. The molecule has 49 heavy (non-hydrogen) atoms. The van der Waals surface area contributed by atoms with Gasteiger partial charge in [-0.25, -0.2) is 4.42 Å². The number of hydrogen-bond donors (Lipinski definition) is 11. The van der Waals surface area contributed by atoms with Crippen LogP contribution in [0.25, 0.3) is 22.3 Å². The number of carboxylic acids is 1. The fourth-order valence-electron chi connectivity index (χ4n) is 5.25. The van der Waals surface area contributed by atoms with Gasteiger partial charge in [0.25, 0.3) is 0 Å². The van der Waals surface area contributed by atoms with Crippen molar-refractivity contribution in [3.8, 4) is 40.1 Å². The Morgan fingerprint density at radius 1 is 0.776 bits per heavy atom. The fourth-order valence-corrected chi connectivity index (χ4v) is 5.25. The number of rotatable bonds is 10. The number of aliphatic hydroxyl groups excluding tert-OH is 6. The van der Waals surface area contributed by atoms with Crippen LogP contribution in [0.2, 0.25) is 0 Å². The monoisotopic (exact) mass is 697 g/mol. The molecule has 2 aromatic carbocycles. The highest BCUT2D eigenvalue weighted by Crippen LogP contribution is 2.42. The molecule has 0 radical (unpaired) electrons. The first kappa shape index (κ1) is 35.7. The molecule has 19 nitrogen and oxygen atoms in total. The second-order valence-electron chi connectivity index (χ2n) is 11.2. The number of carbonyl (C=O) groups is 2. The number of aliphatic carboxylic acids is 1. The van der Waals surface area contributed by atoms with Gasteiger partial charge in [-0.1, -0.05) is 0 Å². The number of hydrogen-bond acceptors (Lipinski definition) is 17. The standard InChI is InChI=1S/C30H32O19/c31-8-18-22(39)24(41)25(42)29(47-18)49-28-23(40)19(9-44-21(38)7-20(36)37)48-30(26(28)43)46-17-6-12-14(34)4-11(32)5-16(12)45-27(17)10-1-2-13(33)15(35)3-10/h1-6,18-19,22-26,28-31,39-43H,7-9H2,(H4-,32,33,34,35,36,37)/p+1. The summed E-state index contributed by atoms with van der Waals surface area (Å²) in [7, 11) is 0. The van der Waals surface area contributed by atoms with E-state index < -0.39 is 110 Å². The van der Waals surface area contributed by atoms with Crippen LogP contribution in [0, 0.1) is 0 Å². The Morgan fingerprint density at radius 2 is 1.49 bits per heavy atom. The Morgan fingerprint density at radius 3 is 2.16 bits per heavy atom. The lowest BCUT2D eigenvalue weighted by molar-refractivity contribution is -0.353. The molecule has 5 rings (SSSR count). The molecular formula is C30H33O19+. The number of aromatic hydroxyl groups is 4. The number of esters is 1. The Bertz CT molecular complexity index is 1680. The van der Waals surface area contributed by atoms with E-state index in [0.717, 1.165) is 24.3 Å². The highest BCUT2D eigenvalue weighted by atomic mass is 16.7. The van der Waals surface area contributed by atoms with Crippen molar-refractivity contribution in [2.75, 3.05) is 13.2 Å². The maximum Gasteiger partial charge on any atom is 0.402 e. The first-order chi connectivity index (χ1) is 23.2. The normalized spacial score (nSPS) is 30.2. The van der Waals surface area contributed by atoms with Gasteiger partial charge in [-0.05, 0) is 12.1 Å². The van der Waals surface area contributed by atoms with E-state index in [4.69, 9.17) is 33.2 Å². The largest absolute Gasteiger partial charge is 0.507 e. The fraction of sp³-hybridized carbons (Fsp3) is 0.433. The molecule has 10 atom stereocenters. The summed E-state index contributed by atoms with van der Waals surface area (Å²) >= 11 is 0. The van der Waals surface area contributed by atoms with Gasteiger partial charge in [0, 0.05) is 18.2 Å². The molecule has 0 spiro atoms. The Labute approximate surface area is 274 Å². The maximum atomic E-state index is 12.0. The molecule has 0 amide bonds. The molecule has 3 aromatic rings. The molecule has 0 aliphatic carbocycles. The van der Waals surface area contributed by atoms with E-state index in [1.807, 2.05) is 0 Å². The van der Waals surface area contributed by atoms with Crippen LogP contribution >= 0.6 is 0 Å². The molecule has 2 saturated heterocycles. The molecule has 10 unspecified atom stereocenters. The van der Waals surface area contributed by atoms with E-state index >= 15 is 0 Å². The first-order valence-electron chi connectivity index (χ1n) is 14.5. The number of fused-ring (bicyclic) bond motifs is 1. The van der Waals surface area contributed by atoms with Crippen molar-refractivity contribution in [1.82, 2.24) is 0 Å². The van der Waals surface area contributed by atoms with Gasteiger partial charge in [-0.3, -0.25) is 9.59 Å². The summed E-state index contributed by atoms with van der Waals surface area (Å²) in [6, 6.07) is 6.82. The van der Waals surface area contributed by atoms with E-state index in [2.05, 4.69) is 0 Å². The molecule has 19 heteroatoms. The van der Waals surface area contributed by atoms with Crippen LogP contribution in [-0.4, -0.2) is 143 Å². The van der Waals surface area contributed by atoms with Crippen molar-refractivity contribution in [3.05, 3.63) is 36.4 Å². The van der Waals surface area contributed by atoms with Crippen molar-refractivity contribution < 1.29 is 93.9 Å². The summed E-state index contributed by atoms with van der Waals surface area (Å²) in [5.74, 6) is -5.19. The molecule has 2 aliphatic heterocycles. The van der Waals surface area contributed by atoms with Crippen molar-refractivity contribution in [2.24, 2.45) is 0 Å². The van der Waals surface area contributed by atoms with Gasteiger partial charge < -0.3 is 79.9 Å². The molecule has 2 fully saturated rings. The highest BCUT2D eigenvalue weighted by molar-refractivity contribution is 5.90. The third kappa shape index (κ3) is 7.54. The quantitative estimate of drug-likeness (QED) is 0.0483. The smallest absolute Gasteiger partial charge is 0.402 e. The topological polar surface area (TPSA) is 314 Å². The van der Waals surface area contributed by atoms with Crippen LogP contribution in [0.15, 0.2) is 40.8 Å². The van der Waals surface area contributed by atoms with E-state index in [9.17, 15) is 60.7 Å². The summed E-state index contributed by atoms with van der Waals surface area (Å²) in [5.41, 5.74) is -0.0198. The van der Waals surface area contributed by atoms with Gasteiger partial charge >= 0.3 is 23.3 Å². The van der Waals surface area contributed by atoms with Crippen LogP contribution in [0.1, 0.15) is 6.42 Å². The van der Waals surface area contributed by atoms with Gasteiger partial charge in [0.05, 0.1) is 18.2 Å². The second-order valence-corrected chi connectivity index (χ2v) is 11.2. The Kier molecular flexibility index (Phi) is 10.6. The first-order valence-corrected chi connectivity index (χ1v) is 14.5. The van der Waals surface area contributed by atoms with E-state index in [1.165, 1.54) is 12.1 Å². The average molecular weight is 698 g/mol. The number of benzene rings is 2. The summed E-state index contributed by atoms with van der Waals surface area (Å²) in [4.78, 5) is 22.9. The lowest BCUT2D eigenvalue weighted by Gasteiger charge is -2.45. The Hall–Kier alpha value is -4.57. The molecular weight excluding hydrogens is 664 g/mol. The van der Waals surface area contributed by atoms with E-state index in [0.29, 0.717) is 0 Å². The molecule has 266 valence electrons. The van der Waals surface area contributed by atoms with Gasteiger partial charge in [0.15, 0.2) is 17.8 Å². The minimum Gasteiger partial charge on any atom is -0.507 e. The molecule has 0 bridgehead atoms. The molecule has 2 aliphatic rings. The number of aliphatic hydroxyl groups is 6. The zero-order valence-corrected chi connectivity index (χ0v) is 25.0. The summed E-state index contributed by atoms with van der Waals surface area (Å²) in [6.45, 7) is -1.65. The third-order valence-electron chi connectivity index (χ3n) is 7.78. The SMILES string of the molecule is O=C(O)CC(=O)OCC1OC(Oc2cc3c(O)cc(O)cc3[o+]c2-c2ccc(O)c(O)c2)C(O)C(OC2OC(CO)C(O)C(O)C2O)C1O. The average Bonchev–Trinajstić information content (AvgIpc) is 3.04. The third-order valence-corrected chi connectivity index (χ3v) is 7.78. The number of carbonyl (C=O) groups excluding carboxylic acids is 1. The van der Waals surface area contributed by atoms with Crippen LogP contribution in [0.3, 0.4) is 0 Å². The predicted molar refractivity (Wildman–Crippen MR) is 156 cm³/mol. The van der Waals surface area contributed by atoms with Crippen LogP contribution in [0.4, 0.5) is 0 Å². The van der Waals surface area contributed by atoms with Gasteiger partial charge in [-0.2, -0.15) is 0 Å². The summed E-state index contributed by atoms with van der Waals surface area (Å²) in [6.07, 6.45) is -19.4. The number of phenolic OH excluding ortho intramolecular Hbond substituents is 4. The lowest BCUT2D eigenvalue weighted by atomic mass is 9.97. The molecule has 3 heterocycles. The number of phenols is 4. The van der Waals surface area contributed by atoms with Gasteiger partial charge in [0.2, 0.25) is 12.0 Å². The van der Waals surface area contributed by atoms with Crippen molar-refractivity contribution in [1.29, 1.82) is 0 Å². The molecule has 0 saturated carbocycles. The predicted octanol–water partition coefficient (Wildman–Crippen LogP) is -1.77. The van der Waals surface area contributed by atoms with E-state index in [-0.39, 0.29) is 33.8 Å². The Balaban J connectivity index is 1.53. The second kappa shape index (κ2) is 14.5. The van der Waals surface area contributed by atoms with Crippen molar-refractivity contribution >= 4 is 22.9 Å². The van der Waals surface area contributed by atoms with Crippen molar-refractivity contribution in [2.45, 2.75) is 67.8 Å². The van der Waals surface area contributed by atoms with Crippen LogP contribution in [-0.2, 0) is 28.5 Å². The lowest BCUT2D eigenvalue weighted by Crippen LogP contribution is -2.65. The van der Waals surface area contributed by atoms with Gasteiger partial charge in [0.1, 0.15) is 78.7 Å². The summed E-state index contributed by atoms with van der Waals surface area (Å²) < 4.78 is 33.4. The molecule has 11 N–H and O–H groups in total. The minimum atomic E-state index is -2.03. The number of carboxylic acid groups (broad SMARTS) is 1. The van der Waals surface area contributed by atoms with Gasteiger partial charge in [-0.15, -0.1) is 0 Å². The van der Waals surface area contributed by atoms with Crippen LogP contribution < -0.4 is 4.74 Å². The summed E-state index contributed by atoms with van der Waals surface area (Å²) in [5, 5.41) is 112. The van der Waals surface area contributed by atoms with E-state index in [1.54, 1.807) is 0 Å². The zero-order valence-electron chi connectivity index (χ0n) is 25.0.